The Morgan fingerprint density at radius 2 is 2.12 bits per heavy atom. The van der Waals surface area contributed by atoms with Gasteiger partial charge in [0.2, 0.25) is 0 Å². The summed E-state index contributed by atoms with van der Waals surface area (Å²) in [6.45, 7) is 0. The van der Waals surface area contributed by atoms with Crippen molar-refractivity contribution in [1.29, 1.82) is 5.26 Å². The van der Waals surface area contributed by atoms with Crippen LogP contribution in [0.25, 0.3) is 11.3 Å². The van der Waals surface area contributed by atoms with Gasteiger partial charge < -0.3 is 9.72 Å². The van der Waals surface area contributed by atoms with Crippen molar-refractivity contribution in [2.24, 2.45) is 0 Å². The number of aromatic amines is 1. The van der Waals surface area contributed by atoms with E-state index in [0.717, 1.165) is 22.8 Å². The molecule has 1 heterocycles. The molecule has 4 heteroatoms. The first kappa shape index (κ1) is 11.2. The third-order valence-corrected chi connectivity index (χ3v) is 2.50. The van der Waals surface area contributed by atoms with Gasteiger partial charge in [-0.05, 0) is 29.8 Å². The minimum absolute atomic E-state index is 0.482. The fraction of sp³-hybridized carbons (Fsp3) is 0.231. The van der Waals surface area contributed by atoms with E-state index in [2.05, 4.69) is 16.0 Å². The van der Waals surface area contributed by atoms with E-state index in [0.29, 0.717) is 12.8 Å². The molecule has 0 fully saturated rings. The molecule has 2 aromatic rings. The molecule has 1 aromatic carbocycles. The van der Waals surface area contributed by atoms with Crippen LogP contribution in [0.1, 0.15) is 12.2 Å². The highest BCUT2D eigenvalue weighted by molar-refractivity contribution is 5.59. The lowest BCUT2D eigenvalue weighted by atomic mass is 10.2. The van der Waals surface area contributed by atoms with E-state index in [1.54, 1.807) is 13.3 Å². The highest BCUT2D eigenvalue weighted by atomic mass is 16.5. The maximum atomic E-state index is 8.50. The molecule has 0 saturated heterocycles. The molecule has 0 spiro atoms. The van der Waals surface area contributed by atoms with E-state index in [9.17, 15) is 0 Å². The Morgan fingerprint density at radius 1 is 1.35 bits per heavy atom. The third kappa shape index (κ3) is 2.64. The zero-order chi connectivity index (χ0) is 12.1. The van der Waals surface area contributed by atoms with Gasteiger partial charge in [-0.2, -0.15) is 5.26 Å². The molecule has 1 N–H and O–H groups in total. The molecule has 2 rings (SSSR count). The topological polar surface area (TPSA) is 61.7 Å². The van der Waals surface area contributed by atoms with Gasteiger partial charge in [0.1, 0.15) is 11.6 Å². The van der Waals surface area contributed by atoms with E-state index >= 15 is 0 Å². The standard InChI is InChI=1S/C13H13N3O/c1-17-11-6-4-10(5-7-11)12-9-15-13(16-12)3-2-8-14/h4-7,9H,2-3H2,1H3,(H,15,16). The number of nitrogens with zero attached hydrogens (tertiary/aromatic N) is 2. The molecule has 0 bridgehead atoms. The molecule has 0 saturated carbocycles. The van der Waals surface area contributed by atoms with Crippen LogP contribution in [-0.2, 0) is 6.42 Å². The molecule has 0 amide bonds. The average Bonchev–Trinajstić information content (AvgIpc) is 2.85. The van der Waals surface area contributed by atoms with Crippen molar-refractivity contribution >= 4 is 0 Å². The molecule has 1 aromatic heterocycles. The molecule has 0 unspecified atom stereocenters. The Hall–Kier alpha value is -2.28. The molecule has 17 heavy (non-hydrogen) atoms. The summed E-state index contributed by atoms with van der Waals surface area (Å²) in [5.74, 6) is 1.68. The van der Waals surface area contributed by atoms with Crippen molar-refractivity contribution in [3.63, 3.8) is 0 Å². The molecule has 0 aliphatic rings. The Labute approximate surface area is 99.9 Å². The number of methoxy groups -OCH3 is 1. The highest BCUT2D eigenvalue weighted by Gasteiger charge is 2.03. The van der Waals surface area contributed by atoms with Crippen molar-refractivity contribution < 1.29 is 4.74 Å². The van der Waals surface area contributed by atoms with Gasteiger partial charge >= 0.3 is 0 Å². The SMILES string of the molecule is COc1ccc(-c2cnc(CCC#N)[nH]2)cc1. The predicted molar refractivity (Wildman–Crippen MR) is 64.5 cm³/mol. The number of rotatable bonds is 4. The van der Waals surface area contributed by atoms with E-state index in [4.69, 9.17) is 10.00 Å². The molecular weight excluding hydrogens is 214 g/mol. The molecule has 4 nitrogen and oxygen atoms in total. The van der Waals surface area contributed by atoms with Crippen LogP contribution in [0.15, 0.2) is 30.5 Å². The maximum absolute atomic E-state index is 8.50. The van der Waals surface area contributed by atoms with Crippen molar-refractivity contribution in [2.75, 3.05) is 7.11 Å². The monoisotopic (exact) mass is 227 g/mol. The quantitative estimate of drug-likeness (QED) is 0.873. The van der Waals surface area contributed by atoms with E-state index < -0.39 is 0 Å². The number of imidazole rings is 1. The molecular formula is C13H13N3O. The lowest BCUT2D eigenvalue weighted by Crippen LogP contribution is -1.86. The number of nitrogens with one attached hydrogen (secondary N) is 1. The number of ether oxygens (including phenoxy) is 1. The van der Waals surface area contributed by atoms with Crippen LogP contribution in [0.4, 0.5) is 0 Å². The normalized spacial score (nSPS) is 9.88. The second-order valence-corrected chi connectivity index (χ2v) is 3.63. The summed E-state index contributed by atoms with van der Waals surface area (Å²) in [4.78, 5) is 7.43. The van der Waals surface area contributed by atoms with Gasteiger partial charge in [0.25, 0.3) is 0 Å². The van der Waals surface area contributed by atoms with Crippen molar-refractivity contribution in [3.05, 3.63) is 36.3 Å². The summed E-state index contributed by atoms with van der Waals surface area (Å²) in [6, 6.07) is 9.86. The number of benzene rings is 1. The van der Waals surface area contributed by atoms with Crippen LogP contribution in [0.5, 0.6) is 5.75 Å². The van der Waals surface area contributed by atoms with E-state index in [-0.39, 0.29) is 0 Å². The fourth-order valence-corrected chi connectivity index (χ4v) is 1.58. The van der Waals surface area contributed by atoms with Crippen molar-refractivity contribution in [2.45, 2.75) is 12.8 Å². The van der Waals surface area contributed by atoms with Crippen LogP contribution >= 0.6 is 0 Å². The first-order chi connectivity index (χ1) is 8.33. The lowest BCUT2D eigenvalue weighted by molar-refractivity contribution is 0.415. The van der Waals surface area contributed by atoms with Gasteiger partial charge in [-0.1, -0.05) is 0 Å². The molecule has 0 atom stereocenters. The summed E-state index contributed by atoms with van der Waals surface area (Å²) in [5, 5.41) is 8.50. The number of hydrogen-bond acceptors (Lipinski definition) is 3. The number of hydrogen-bond donors (Lipinski definition) is 1. The van der Waals surface area contributed by atoms with Crippen LogP contribution in [0.3, 0.4) is 0 Å². The van der Waals surface area contributed by atoms with Gasteiger partial charge in [-0.3, -0.25) is 0 Å². The first-order valence-electron chi connectivity index (χ1n) is 5.38. The van der Waals surface area contributed by atoms with Crippen LogP contribution in [0.2, 0.25) is 0 Å². The number of nitriles is 1. The molecule has 0 aliphatic carbocycles. The Morgan fingerprint density at radius 3 is 2.76 bits per heavy atom. The van der Waals surface area contributed by atoms with Crippen LogP contribution in [0, 0.1) is 11.3 Å². The van der Waals surface area contributed by atoms with Gasteiger partial charge in [-0.25, -0.2) is 4.98 Å². The van der Waals surface area contributed by atoms with Crippen molar-refractivity contribution in [3.8, 4) is 23.1 Å². The smallest absolute Gasteiger partial charge is 0.118 e. The van der Waals surface area contributed by atoms with Crippen LogP contribution in [-0.4, -0.2) is 17.1 Å². The summed E-state index contributed by atoms with van der Waals surface area (Å²) in [5.41, 5.74) is 2.02. The maximum Gasteiger partial charge on any atom is 0.118 e. The summed E-state index contributed by atoms with van der Waals surface area (Å²) < 4.78 is 5.10. The van der Waals surface area contributed by atoms with E-state index in [1.165, 1.54) is 0 Å². The van der Waals surface area contributed by atoms with Gasteiger partial charge in [-0.15, -0.1) is 0 Å². The molecule has 0 radical (unpaired) electrons. The number of aryl methyl sites for hydroxylation is 1. The van der Waals surface area contributed by atoms with Crippen LogP contribution < -0.4 is 4.74 Å². The molecule has 0 aliphatic heterocycles. The van der Waals surface area contributed by atoms with Gasteiger partial charge in [0.05, 0.1) is 25.1 Å². The Bertz CT molecular complexity index is 522. The van der Waals surface area contributed by atoms with Crippen molar-refractivity contribution in [1.82, 2.24) is 9.97 Å². The highest BCUT2D eigenvalue weighted by Crippen LogP contribution is 2.20. The van der Waals surface area contributed by atoms with E-state index in [1.807, 2.05) is 24.3 Å². The summed E-state index contributed by atoms with van der Waals surface area (Å²) in [6.07, 6.45) is 2.93. The zero-order valence-electron chi connectivity index (χ0n) is 9.60. The van der Waals surface area contributed by atoms with Gasteiger partial charge in [0, 0.05) is 12.8 Å². The summed E-state index contributed by atoms with van der Waals surface area (Å²) in [7, 11) is 1.64. The predicted octanol–water partition coefficient (Wildman–Crippen LogP) is 2.54. The first-order valence-corrected chi connectivity index (χ1v) is 5.38. The minimum atomic E-state index is 0.482. The Kier molecular flexibility index (Phi) is 3.41. The number of aromatic nitrogens is 2. The number of H-pyrrole nitrogens is 1. The second kappa shape index (κ2) is 5.17. The summed E-state index contributed by atoms with van der Waals surface area (Å²) >= 11 is 0. The zero-order valence-corrected chi connectivity index (χ0v) is 9.60. The average molecular weight is 227 g/mol. The van der Waals surface area contributed by atoms with Gasteiger partial charge in [0.15, 0.2) is 0 Å². The third-order valence-electron chi connectivity index (χ3n) is 2.50. The second-order valence-electron chi connectivity index (χ2n) is 3.63. The fourth-order valence-electron chi connectivity index (χ4n) is 1.58. The lowest BCUT2D eigenvalue weighted by Gasteiger charge is -2.00. The molecule has 86 valence electrons. The largest absolute Gasteiger partial charge is 0.497 e. The Balaban J connectivity index is 2.16. The minimum Gasteiger partial charge on any atom is -0.497 e.